The average molecular weight is 310 g/mol. The fourth-order valence-corrected chi connectivity index (χ4v) is 2.79. The van der Waals surface area contributed by atoms with E-state index in [2.05, 4.69) is 26.1 Å². The second-order valence-corrected chi connectivity index (χ2v) is 5.74. The summed E-state index contributed by atoms with van der Waals surface area (Å²) in [6, 6.07) is 7.88. The Morgan fingerprint density at radius 1 is 1.44 bits per heavy atom. The van der Waals surface area contributed by atoms with Gasteiger partial charge in [-0.3, -0.25) is 0 Å². The van der Waals surface area contributed by atoms with Gasteiger partial charge in [0.25, 0.3) is 0 Å². The second-order valence-electron chi connectivity index (χ2n) is 4.83. The second kappa shape index (κ2) is 4.16. The molecule has 3 rings (SSSR count). The Labute approximate surface area is 113 Å². The Balaban J connectivity index is 1.99. The number of halogens is 2. The molecule has 2 aromatic rings. The Morgan fingerprint density at radius 2 is 2.22 bits per heavy atom. The van der Waals surface area contributed by atoms with Crippen molar-refractivity contribution in [1.29, 1.82) is 0 Å². The van der Waals surface area contributed by atoms with Crippen LogP contribution in [0.1, 0.15) is 30.4 Å². The van der Waals surface area contributed by atoms with Crippen LogP contribution in [0.2, 0.25) is 0 Å². The molecule has 1 atom stereocenters. The highest BCUT2D eigenvalue weighted by atomic mass is 79.9. The number of nitrogens with zero attached hydrogens (tertiary/aromatic N) is 3. The molecule has 1 aromatic carbocycles. The lowest BCUT2D eigenvalue weighted by Crippen LogP contribution is -2.18. The summed E-state index contributed by atoms with van der Waals surface area (Å²) < 4.78 is 17.4. The molecule has 0 radical (unpaired) electrons. The molecule has 0 saturated heterocycles. The third kappa shape index (κ3) is 1.77. The minimum absolute atomic E-state index is 0.410. The Morgan fingerprint density at radius 3 is 2.78 bits per heavy atom. The molecule has 94 valence electrons. The number of hydrogen-bond acceptors (Lipinski definition) is 2. The third-order valence-electron chi connectivity index (χ3n) is 3.65. The largest absolute Gasteiger partial charge is 0.318 e. The molecule has 0 aliphatic heterocycles. The molecule has 1 aliphatic carbocycles. The van der Waals surface area contributed by atoms with Crippen molar-refractivity contribution in [2.45, 2.75) is 24.4 Å². The molecule has 1 fully saturated rings. The van der Waals surface area contributed by atoms with Crippen LogP contribution in [0.4, 0.5) is 4.39 Å². The molecule has 1 aliphatic rings. The maximum absolute atomic E-state index is 14.7. The Kier molecular flexibility index (Phi) is 2.73. The van der Waals surface area contributed by atoms with Crippen molar-refractivity contribution in [2.24, 2.45) is 7.05 Å². The summed E-state index contributed by atoms with van der Waals surface area (Å²) in [6.07, 6.45) is 2.16. The van der Waals surface area contributed by atoms with Crippen molar-refractivity contribution in [3.63, 3.8) is 0 Å². The van der Waals surface area contributed by atoms with E-state index >= 15 is 0 Å². The highest BCUT2D eigenvalue weighted by Crippen LogP contribution is 2.58. The van der Waals surface area contributed by atoms with Crippen molar-refractivity contribution in [3.05, 3.63) is 46.5 Å². The smallest absolute Gasteiger partial charge is 0.169 e. The van der Waals surface area contributed by atoms with E-state index in [0.29, 0.717) is 5.82 Å². The number of alkyl halides is 1. The van der Waals surface area contributed by atoms with Crippen molar-refractivity contribution in [3.8, 4) is 0 Å². The first-order chi connectivity index (χ1) is 8.63. The molecule has 1 aromatic heterocycles. The molecule has 0 spiro atoms. The van der Waals surface area contributed by atoms with Gasteiger partial charge in [-0.1, -0.05) is 28.1 Å². The quantitative estimate of drug-likeness (QED) is 0.871. The van der Waals surface area contributed by atoms with Gasteiger partial charge in [0.15, 0.2) is 12.0 Å². The lowest BCUT2D eigenvalue weighted by atomic mass is 9.90. The first kappa shape index (κ1) is 11.8. The lowest BCUT2D eigenvalue weighted by molar-refractivity contribution is 0.252. The molecule has 1 heterocycles. The van der Waals surface area contributed by atoms with Gasteiger partial charge in [0.2, 0.25) is 0 Å². The molecule has 1 saturated carbocycles. The van der Waals surface area contributed by atoms with Gasteiger partial charge in [-0.25, -0.2) is 4.39 Å². The minimum atomic E-state index is -1.10. The zero-order chi connectivity index (χ0) is 12.8. The van der Waals surface area contributed by atoms with Crippen LogP contribution in [0, 0.1) is 0 Å². The van der Waals surface area contributed by atoms with Crippen molar-refractivity contribution in [2.75, 3.05) is 0 Å². The monoisotopic (exact) mass is 309 g/mol. The van der Waals surface area contributed by atoms with Crippen molar-refractivity contribution in [1.82, 2.24) is 14.8 Å². The maximum Gasteiger partial charge on any atom is 0.169 e. The van der Waals surface area contributed by atoms with E-state index < -0.39 is 11.6 Å². The molecule has 1 unspecified atom stereocenters. The van der Waals surface area contributed by atoms with Crippen LogP contribution in [0.5, 0.6) is 0 Å². The topological polar surface area (TPSA) is 30.7 Å². The van der Waals surface area contributed by atoms with Crippen molar-refractivity contribution >= 4 is 15.9 Å². The van der Waals surface area contributed by atoms with Crippen LogP contribution >= 0.6 is 15.9 Å². The van der Waals surface area contributed by atoms with Gasteiger partial charge in [-0.2, -0.15) is 0 Å². The highest BCUT2D eigenvalue weighted by molar-refractivity contribution is 9.10. The maximum atomic E-state index is 14.7. The zero-order valence-electron chi connectivity index (χ0n) is 9.98. The highest BCUT2D eigenvalue weighted by Gasteiger charge is 2.53. The fourth-order valence-electron chi connectivity index (χ4n) is 2.39. The molecular formula is C13H13BrFN3. The normalized spacial score (nSPS) is 18.6. The first-order valence-electron chi connectivity index (χ1n) is 5.87. The van der Waals surface area contributed by atoms with Crippen LogP contribution in [0.3, 0.4) is 0 Å². The first-order valence-corrected chi connectivity index (χ1v) is 6.67. The number of aryl methyl sites for hydroxylation is 1. The third-order valence-corrected chi connectivity index (χ3v) is 4.14. The summed E-state index contributed by atoms with van der Waals surface area (Å²) in [5.41, 5.74) is 0.622. The van der Waals surface area contributed by atoms with Gasteiger partial charge in [-0.05, 0) is 30.5 Å². The van der Waals surface area contributed by atoms with Gasteiger partial charge < -0.3 is 4.57 Å². The predicted octanol–water partition coefficient (Wildman–Crippen LogP) is 3.32. The summed E-state index contributed by atoms with van der Waals surface area (Å²) in [6.45, 7) is 0. The van der Waals surface area contributed by atoms with Gasteiger partial charge in [0, 0.05) is 16.9 Å². The van der Waals surface area contributed by atoms with Crippen LogP contribution < -0.4 is 0 Å². The standard InChI is InChI=1S/C13H13BrFN3/c1-18-8-16-17-12(18)11(15)13(5-6-13)9-3-2-4-10(14)7-9/h2-4,7-8,11H,5-6H2,1H3. The SMILES string of the molecule is Cn1cnnc1C(F)C1(c2cccc(Br)c2)CC1. The number of benzene rings is 1. The van der Waals surface area contributed by atoms with Gasteiger partial charge in [0.05, 0.1) is 0 Å². The molecule has 0 N–H and O–H groups in total. The van der Waals surface area contributed by atoms with Crippen LogP contribution in [0.15, 0.2) is 35.1 Å². The van der Waals surface area contributed by atoms with E-state index in [1.807, 2.05) is 24.3 Å². The Bertz CT molecular complexity index is 577. The van der Waals surface area contributed by atoms with E-state index in [1.54, 1.807) is 17.9 Å². The fraction of sp³-hybridized carbons (Fsp3) is 0.385. The van der Waals surface area contributed by atoms with Crippen LogP contribution in [-0.4, -0.2) is 14.8 Å². The molecule has 18 heavy (non-hydrogen) atoms. The van der Waals surface area contributed by atoms with E-state index in [0.717, 1.165) is 22.9 Å². The lowest BCUT2D eigenvalue weighted by Gasteiger charge is -2.20. The van der Waals surface area contributed by atoms with Crippen LogP contribution in [-0.2, 0) is 12.5 Å². The van der Waals surface area contributed by atoms with Gasteiger partial charge in [-0.15, -0.1) is 10.2 Å². The molecule has 0 amide bonds. The summed E-state index contributed by atoms with van der Waals surface area (Å²) in [5.74, 6) is 0.410. The number of aromatic nitrogens is 3. The average Bonchev–Trinajstić information content (AvgIpc) is 3.06. The zero-order valence-corrected chi connectivity index (χ0v) is 11.6. The van der Waals surface area contributed by atoms with Crippen molar-refractivity contribution < 1.29 is 4.39 Å². The van der Waals surface area contributed by atoms with E-state index in [-0.39, 0.29) is 0 Å². The molecule has 5 heteroatoms. The van der Waals surface area contributed by atoms with E-state index in [4.69, 9.17) is 0 Å². The van der Waals surface area contributed by atoms with Gasteiger partial charge in [0.1, 0.15) is 6.33 Å². The summed E-state index contributed by atoms with van der Waals surface area (Å²) in [7, 11) is 1.78. The summed E-state index contributed by atoms with van der Waals surface area (Å²) in [4.78, 5) is 0. The predicted molar refractivity (Wildman–Crippen MR) is 69.9 cm³/mol. The Hall–Kier alpha value is -1.23. The van der Waals surface area contributed by atoms with E-state index in [1.165, 1.54) is 0 Å². The molecular weight excluding hydrogens is 297 g/mol. The minimum Gasteiger partial charge on any atom is -0.318 e. The van der Waals surface area contributed by atoms with Crippen LogP contribution in [0.25, 0.3) is 0 Å². The number of hydrogen-bond donors (Lipinski definition) is 0. The summed E-state index contributed by atoms with van der Waals surface area (Å²) >= 11 is 3.44. The molecule has 0 bridgehead atoms. The van der Waals surface area contributed by atoms with E-state index in [9.17, 15) is 4.39 Å². The summed E-state index contributed by atoms with van der Waals surface area (Å²) in [5, 5.41) is 7.66. The molecule has 3 nitrogen and oxygen atoms in total. The van der Waals surface area contributed by atoms with Gasteiger partial charge >= 0.3 is 0 Å². The number of rotatable bonds is 3.